The van der Waals surface area contributed by atoms with Crippen LogP contribution in [0.15, 0.2) is 24.3 Å². The molecule has 2 unspecified atom stereocenters. The number of hydrogen-bond donors (Lipinski definition) is 3. The molecule has 0 saturated heterocycles. The highest BCUT2D eigenvalue weighted by Crippen LogP contribution is 2.24. The van der Waals surface area contributed by atoms with Crippen molar-refractivity contribution in [1.29, 1.82) is 0 Å². The number of benzene rings is 1. The zero-order valence-electron chi connectivity index (χ0n) is 9.58. The van der Waals surface area contributed by atoms with Crippen LogP contribution in [0.25, 0.3) is 0 Å². The van der Waals surface area contributed by atoms with Gasteiger partial charge in [0.25, 0.3) is 0 Å². The van der Waals surface area contributed by atoms with Gasteiger partial charge in [-0.3, -0.25) is 0 Å². The number of carboxylic acid groups (broad SMARTS) is 1. The summed E-state index contributed by atoms with van der Waals surface area (Å²) in [4.78, 5) is 10.7. The zero-order valence-corrected chi connectivity index (χ0v) is 10.4. The van der Waals surface area contributed by atoms with E-state index in [-0.39, 0.29) is 12.4 Å². The number of nitrogens with two attached hydrogens (primary N) is 1. The van der Waals surface area contributed by atoms with Crippen LogP contribution in [0.5, 0.6) is 5.75 Å². The second-order valence-corrected chi connectivity index (χ2v) is 3.75. The smallest absolute Gasteiger partial charge is 0.334 e. The second-order valence-electron chi connectivity index (χ2n) is 3.75. The van der Waals surface area contributed by atoms with Crippen molar-refractivity contribution in [1.82, 2.24) is 0 Å². The van der Waals surface area contributed by atoms with Crippen molar-refractivity contribution < 1.29 is 19.7 Å². The Morgan fingerprint density at radius 1 is 1.41 bits per heavy atom. The quantitative estimate of drug-likeness (QED) is 0.743. The van der Waals surface area contributed by atoms with Gasteiger partial charge in [0, 0.05) is 0 Å². The lowest BCUT2D eigenvalue weighted by molar-refractivity contribution is -0.150. The minimum Gasteiger partial charge on any atom is -0.497 e. The Balaban J connectivity index is 0.00000256. The summed E-state index contributed by atoms with van der Waals surface area (Å²) in [5.74, 6) is -0.704. The highest BCUT2D eigenvalue weighted by atomic mass is 35.5. The van der Waals surface area contributed by atoms with Crippen LogP contribution in [0.2, 0.25) is 0 Å². The maximum absolute atomic E-state index is 10.7. The van der Waals surface area contributed by atoms with Gasteiger partial charge >= 0.3 is 5.97 Å². The molecule has 17 heavy (non-hydrogen) atoms. The summed E-state index contributed by atoms with van der Waals surface area (Å²) in [5.41, 5.74) is 5.00. The monoisotopic (exact) mass is 261 g/mol. The molecule has 0 aliphatic rings. The van der Waals surface area contributed by atoms with Gasteiger partial charge in [-0.15, -0.1) is 12.4 Å². The molecule has 0 radical (unpaired) electrons. The van der Waals surface area contributed by atoms with Crippen LogP contribution < -0.4 is 10.5 Å². The number of aliphatic hydroxyl groups excluding tert-OH is 1. The van der Waals surface area contributed by atoms with Gasteiger partial charge in [-0.1, -0.05) is 12.1 Å². The van der Waals surface area contributed by atoms with E-state index in [1.54, 1.807) is 24.3 Å². The van der Waals surface area contributed by atoms with Crippen molar-refractivity contribution in [3.8, 4) is 5.75 Å². The third-order valence-electron chi connectivity index (χ3n) is 2.51. The first-order chi connectivity index (χ1) is 7.39. The van der Waals surface area contributed by atoms with Gasteiger partial charge < -0.3 is 20.7 Å². The van der Waals surface area contributed by atoms with Gasteiger partial charge in [0.1, 0.15) is 5.75 Å². The highest BCUT2D eigenvalue weighted by molar-refractivity contribution is 5.85. The van der Waals surface area contributed by atoms with E-state index in [0.29, 0.717) is 11.3 Å². The van der Waals surface area contributed by atoms with E-state index in [2.05, 4.69) is 0 Å². The maximum Gasteiger partial charge on any atom is 0.334 e. The van der Waals surface area contributed by atoms with Crippen molar-refractivity contribution in [3.05, 3.63) is 29.8 Å². The first-order valence-corrected chi connectivity index (χ1v) is 4.74. The molecule has 1 rings (SSSR count). The summed E-state index contributed by atoms with van der Waals surface area (Å²) in [6.45, 7) is 1.47. The van der Waals surface area contributed by atoms with Crippen LogP contribution in [0.3, 0.4) is 0 Å². The van der Waals surface area contributed by atoms with Crippen molar-refractivity contribution in [2.24, 2.45) is 5.73 Å². The number of carboxylic acids is 1. The van der Waals surface area contributed by atoms with Crippen molar-refractivity contribution >= 4 is 18.4 Å². The molecule has 0 heterocycles. The van der Waals surface area contributed by atoms with Crippen molar-refractivity contribution in [2.75, 3.05) is 7.11 Å². The fraction of sp³-hybridized carbons (Fsp3) is 0.364. The highest BCUT2D eigenvalue weighted by Gasteiger charge is 2.35. The average Bonchev–Trinajstić information content (AvgIpc) is 2.28. The van der Waals surface area contributed by atoms with E-state index in [4.69, 9.17) is 15.6 Å². The van der Waals surface area contributed by atoms with E-state index >= 15 is 0 Å². The molecule has 0 amide bonds. The lowest BCUT2D eigenvalue weighted by Crippen LogP contribution is -2.49. The Morgan fingerprint density at radius 2 is 1.88 bits per heavy atom. The Kier molecular flexibility index (Phi) is 5.41. The Morgan fingerprint density at radius 3 is 2.24 bits per heavy atom. The van der Waals surface area contributed by atoms with Crippen LogP contribution >= 0.6 is 12.4 Å². The molecule has 0 aromatic heterocycles. The lowest BCUT2D eigenvalue weighted by Gasteiger charge is -2.28. The molecule has 4 N–H and O–H groups in total. The van der Waals surface area contributed by atoms with Gasteiger partial charge in [0.05, 0.1) is 12.6 Å². The average molecular weight is 262 g/mol. The van der Waals surface area contributed by atoms with Gasteiger partial charge in [0.2, 0.25) is 0 Å². The first kappa shape index (κ1) is 15.7. The molecule has 0 spiro atoms. The molecule has 0 fully saturated rings. The number of carbonyl (C=O) groups is 1. The second kappa shape index (κ2) is 5.86. The standard InChI is InChI=1S/C11H15NO4.ClH/c1-11(12,9(13)10(14)15)7-3-5-8(16-2)6-4-7;/h3-6,9,13H,12H2,1-2H3,(H,14,15);1H. The Hall–Kier alpha value is -1.30. The van der Waals surface area contributed by atoms with Gasteiger partial charge in [-0.05, 0) is 24.6 Å². The SMILES string of the molecule is COc1ccc(C(C)(N)C(O)C(=O)O)cc1.Cl. The molecule has 5 nitrogen and oxygen atoms in total. The number of aliphatic hydroxyl groups is 1. The molecule has 0 aliphatic carbocycles. The van der Waals surface area contributed by atoms with Crippen molar-refractivity contribution in [3.63, 3.8) is 0 Å². The minimum absolute atomic E-state index is 0. The van der Waals surface area contributed by atoms with Crippen LogP contribution in [0.1, 0.15) is 12.5 Å². The summed E-state index contributed by atoms with van der Waals surface area (Å²) in [7, 11) is 1.53. The fourth-order valence-corrected chi connectivity index (χ4v) is 1.36. The van der Waals surface area contributed by atoms with E-state index in [1.807, 2.05) is 0 Å². The van der Waals surface area contributed by atoms with Gasteiger partial charge in [-0.25, -0.2) is 4.79 Å². The van der Waals surface area contributed by atoms with Gasteiger partial charge in [-0.2, -0.15) is 0 Å². The fourth-order valence-electron chi connectivity index (χ4n) is 1.36. The van der Waals surface area contributed by atoms with Crippen LogP contribution in [0.4, 0.5) is 0 Å². The summed E-state index contributed by atoms with van der Waals surface area (Å²) in [5, 5.41) is 18.2. The topological polar surface area (TPSA) is 92.8 Å². The van der Waals surface area contributed by atoms with E-state index in [9.17, 15) is 9.90 Å². The number of halogens is 1. The molecule has 6 heteroatoms. The molecule has 96 valence electrons. The third kappa shape index (κ3) is 3.33. The van der Waals surface area contributed by atoms with Crippen LogP contribution in [-0.4, -0.2) is 29.4 Å². The van der Waals surface area contributed by atoms with Gasteiger partial charge in [0.15, 0.2) is 6.10 Å². The lowest BCUT2D eigenvalue weighted by atomic mass is 9.87. The van der Waals surface area contributed by atoms with Crippen LogP contribution in [-0.2, 0) is 10.3 Å². The Labute approximate surface area is 106 Å². The van der Waals surface area contributed by atoms with E-state index in [1.165, 1.54) is 14.0 Å². The molecule has 0 aliphatic heterocycles. The normalized spacial score (nSPS) is 15.3. The molecule has 2 atom stereocenters. The van der Waals surface area contributed by atoms with Crippen LogP contribution in [0, 0.1) is 0 Å². The summed E-state index contributed by atoms with van der Waals surface area (Å²) < 4.78 is 4.97. The molecular formula is C11H16ClNO4. The van der Waals surface area contributed by atoms with Crippen molar-refractivity contribution in [2.45, 2.75) is 18.6 Å². The van der Waals surface area contributed by atoms with E-state index < -0.39 is 17.6 Å². The number of rotatable bonds is 4. The number of ether oxygens (including phenoxy) is 1. The maximum atomic E-state index is 10.7. The first-order valence-electron chi connectivity index (χ1n) is 4.74. The zero-order chi connectivity index (χ0) is 12.3. The summed E-state index contributed by atoms with van der Waals surface area (Å²) in [6, 6.07) is 6.58. The molecule has 0 bridgehead atoms. The third-order valence-corrected chi connectivity index (χ3v) is 2.51. The number of aliphatic carboxylic acids is 1. The predicted octanol–water partition coefficient (Wildman–Crippen LogP) is 0.736. The summed E-state index contributed by atoms with van der Waals surface area (Å²) in [6.07, 6.45) is -1.65. The minimum atomic E-state index is -1.65. The molecule has 0 saturated carbocycles. The predicted molar refractivity (Wildman–Crippen MR) is 65.4 cm³/mol. The number of methoxy groups -OCH3 is 1. The summed E-state index contributed by atoms with van der Waals surface area (Å²) >= 11 is 0. The number of hydrogen-bond acceptors (Lipinski definition) is 4. The molecule has 1 aromatic carbocycles. The Bertz CT molecular complexity index is 378. The molecule has 1 aromatic rings. The van der Waals surface area contributed by atoms with E-state index in [0.717, 1.165) is 0 Å². The largest absolute Gasteiger partial charge is 0.497 e. The molecular weight excluding hydrogens is 246 g/mol.